The molecule has 1 saturated carbocycles. The Hall–Kier alpha value is -0.870. The molecule has 3 nitrogen and oxygen atoms in total. The van der Waals surface area contributed by atoms with Crippen LogP contribution in [0.15, 0.2) is 29.2 Å². The summed E-state index contributed by atoms with van der Waals surface area (Å²) < 4.78 is 22.9. The summed E-state index contributed by atoms with van der Waals surface area (Å²) in [5, 5.41) is 3.26. The van der Waals surface area contributed by atoms with Gasteiger partial charge >= 0.3 is 0 Å². The quantitative estimate of drug-likeness (QED) is 0.871. The Morgan fingerprint density at radius 3 is 2.56 bits per heavy atom. The zero-order chi connectivity index (χ0) is 11.8. The summed E-state index contributed by atoms with van der Waals surface area (Å²) >= 11 is 0. The third-order valence-corrected chi connectivity index (χ3v) is 4.16. The van der Waals surface area contributed by atoms with Crippen LogP contribution in [0.3, 0.4) is 0 Å². The zero-order valence-corrected chi connectivity index (χ0v) is 10.4. The first-order valence-electron chi connectivity index (χ1n) is 5.49. The first-order chi connectivity index (χ1) is 7.52. The molecule has 2 rings (SSSR count). The highest BCUT2D eigenvalue weighted by molar-refractivity contribution is 7.90. The van der Waals surface area contributed by atoms with E-state index in [2.05, 4.69) is 5.32 Å². The highest BCUT2D eigenvalue weighted by Crippen LogP contribution is 2.40. The molecule has 1 aliphatic rings. The van der Waals surface area contributed by atoms with Crippen LogP contribution < -0.4 is 5.32 Å². The van der Waals surface area contributed by atoms with Crippen LogP contribution in [0, 0.1) is 5.92 Å². The molecule has 1 fully saturated rings. The Kier molecular flexibility index (Phi) is 3.04. The van der Waals surface area contributed by atoms with E-state index in [-0.39, 0.29) is 0 Å². The van der Waals surface area contributed by atoms with Gasteiger partial charge in [-0.05, 0) is 43.5 Å². The average molecular weight is 239 g/mol. The first-order valence-corrected chi connectivity index (χ1v) is 7.39. The topological polar surface area (TPSA) is 46.2 Å². The second kappa shape index (κ2) is 4.18. The van der Waals surface area contributed by atoms with Crippen molar-refractivity contribution >= 4 is 9.84 Å². The number of hydrogen-bond acceptors (Lipinski definition) is 3. The molecule has 0 aliphatic heterocycles. The van der Waals surface area contributed by atoms with Crippen molar-refractivity contribution in [1.82, 2.24) is 5.32 Å². The van der Waals surface area contributed by atoms with Gasteiger partial charge in [0.25, 0.3) is 0 Å². The van der Waals surface area contributed by atoms with Crippen molar-refractivity contribution in [3.05, 3.63) is 29.8 Å². The number of benzene rings is 1. The molecule has 1 unspecified atom stereocenters. The van der Waals surface area contributed by atoms with Crippen LogP contribution in [0.2, 0.25) is 0 Å². The van der Waals surface area contributed by atoms with Crippen molar-refractivity contribution in [3.8, 4) is 0 Å². The lowest BCUT2D eigenvalue weighted by Crippen LogP contribution is -2.18. The number of rotatable bonds is 4. The molecule has 1 atom stereocenters. The number of hydrogen-bond donors (Lipinski definition) is 1. The molecule has 0 radical (unpaired) electrons. The fourth-order valence-corrected chi connectivity index (χ4v) is 2.72. The minimum Gasteiger partial charge on any atom is -0.313 e. The molecular formula is C12H17NO2S. The zero-order valence-electron chi connectivity index (χ0n) is 9.60. The van der Waals surface area contributed by atoms with Gasteiger partial charge in [-0.3, -0.25) is 0 Å². The van der Waals surface area contributed by atoms with E-state index in [1.54, 1.807) is 12.1 Å². The Balaban J connectivity index is 2.34. The molecule has 0 spiro atoms. The van der Waals surface area contributed by atoms with Crippen LogP contribution in [-0.2, 0) is 9.84 Å². The predicted octanol–water partition coefficient (Wildman–Crippen LogP) is 1.76. The van der Waals surface area contributed by atoms with Gasteiger partial charge in [0, 0.05) is 12.3 Å². The van der Waals surface area contributed by atoms with E-state index >= 15 is 0 Å². The molecule has 4 heteroatoms. The molecule has 88 valence electrons. The van der Waals surface area contributed by atoms with Gasteiger partial charge in [-0.2, -0.15) is 0 Å². The van der Waals surface area contributed by atoms with Gasteiger partial charge in [0.1, 0.15) is 0 Å². The van der Waals surface area contributed by atoms with E-state index in [1.807, 2.05) is 19.2 Å². The second-order valence-electron chi connectivity index (χ2n) is 4.45. The van der Waals surface area contributed by atoms with E-state index in [0.717, 1.165) is 5.56 Å². The van der Waals surface area contributed by atoms with Crippen molar-refractivity contribution in [2.45, 2.75) is 23.8 Å². The smallest absolute Gasteiger partial charge is 0.175 e. The third-order valence-electron chi connectivity index (χ3n) is 3.05. The minimum atomic E-state index is -3.10. The Bertz CT molecular complexity index is 478. The molecule has 1 N–H and O–H groups in total. The van der Waals surface area contributed by atoms with Crippen LogP contribution in [0.25, 0.3) is 0 Å². The monoisotopic (exact) mass is 239 g/mol. The fourth-order valence-electron chi connectivity index (χ4n) is 2.04. The lowest BCUT2D eigenvalue weighted by Gasteiger charge is -2.16. The summed E-state index contributed by atoms with van der Waals surface area (Å²) in [6.45, 7) is 0. The van der Waals surface area contributed by atoms with Gasteiger partial charge in [-0.1, -0.05) is 12.1 Å². The van der Waals surface area contributed by atoms with E-state index in [1.165, 1.54) is 19.1 Å². The van der Waals surface area contributed by atoms with Crippen molar-refractivity contribution < 1.29 is 8.42 Å². The van der Waals surface area contributed by atoms with Crippen molar-refractivity contribution in [1.29, 1.82) is 0 Å². The van der Waals surface area contributed by atoms with Gasteiger partial charge in [0.15, 0.2) is 9.84 Å². The molecule has 0 saturated heterocycles. The summed E-state index contributed by atoms with van der Waals surface area (Å²) in [4.78, 5) is 0.408. The Morgan fingerprint density at radius 2 is 2.06 bits per heavy atom. The number of sulfone groups is 1. The standard InChI is InChI=1S/C12H17NO2S/c1-13-12(9-6-7-9)10-4-3-5-11(8-10)16(2,14)15/h3-5,8-9,12-13H,6-7H2,1-2H3. The summed E-state index contributed by atoms with van der Waals surface area (Å²) in [5.74, 6) is 0.666. The Morgan fingerprint density at radius 1 is 1.38 bits per heavy atom. The molecule has 0 bridgehead atoms. The normalized spacial score (nSPS) is 18.4. The van der Waals surface area contributed by atoms with E-state index < -0.39 is 9.84 Å². The SMILES string of the molecule is CNC(c1cccc(S(C)(=O)=O)c1)C1CC1. The van der Waals surface area contributed by atoms with Gasteiger partial charge in [0.2, 0.25) is 0 Å². The molecule has 0 heterocycles. The maximum atomic E-state index is 11.5. The van der Waals surface area contributed by atoms with E-state index in [4.69, 9.17) is 0 Å². The molecule has 1 aromatic carbocycles. The van der Waals surface area contributed by atoms with Crippen molar-refractivity contribution in [2.24, 2.45) is 5.92 Å². The van der Waals surface area contributed by atoms with E-state index in [9.17, 15) is 8.42 Å². The summed E-state index contributed by atoms with van der Waals surface area (Å²) in [6, 6.07) is 7.54. The lowest BCUT2D eigenvalue weighted by atomic mass is 10.0. The highest BCUT2D eigenvalue weighted by Gasteiger charge is 2.31. The maximum absolute atomic E-state index is 11.5. The molecule has 16 heavy (non-hydrogen) atoms. The first kappa shape index (κ1) is 11.6. The molecule has 0 aromatic heterocycles. The van der Waals surface area contributed by atoms with Crippen LogP contribution in [-0.4, -0.2) is 21.7 Å². The predicted molar refractivity (Wildman–Crippen MR) is 64.1 cm³/mol. The largest absolute Gasteiger partial charge is 0.313 e. The van der Waals surface area contributed by atoms with Crippen molar-refractivity contribution in [2.75, 3.05) is 13.3 Å². The maximum Gasteiger partial charge on any atom is 0.175 e. The lowest BCUT2D eigenvalue weighted by molar-refractivity contribution is 0.527. The number of nitrogens with one attached hydrogen (secondary N) is 1. The minimum absolute atomic E-state index is 0.293. The Labute approximate surface area is 96.8 Å². The molecule has 1 aliphatic carbocycles. The van der Waals surface area contributed by atoms with Crippen LogP contribution in [0.1, 0.15) is 24.4 Å². The van der Waals surface area contributed by atoms with E-state index in [0.29, 0.717) is 16.9 Å². The van der Waals surface area contributed by atoms with Crippen LogP contribution in [0.4, 0.5) is 0 Å². The highest BCUT2D eigenvalue weighted by atomic mass is 32.2. The summed E-state index contributed by atoms with van der Waals surface area (Å²) in [6.07, 6.45) is 3.71. The fraction of sp³-hybridized carbons (Fsp3) is 0.500. The average Bonchev–Trinajstić information content (AvgIpc) is 3.02. The van der Waals surface area contributed by atoms with Gasteiger partial charge in [-0.15, -0.1) is 0 Å². The van der Waals surface area contributed by atoms with Gasteiger partial charge < -0.3 is 5.32 Å². The summed E-state index contributed by atoms with van der Waals surface area (Å²) in [7, 11) is -1.17. The van der Waals surface area contributed by atoms with Gasteiger partial charge in [0.05, 0.1) is 4.90 Å². The van der Waals surface area contributed by atoms with Crippen molar-refractivity contribution in [3.63, 3.8) is 0 Å². The van der Waals surface area contributed by atoms with Gasteiger partial charge in [-0.25, -0.2) is 8.42 Å². The summed E-state index contributed by atoms with van der Waals surface area (Å²) in [5.41, 5.74) is 1.08. The third kappa shape index (κ3) is 2.44. The molecule has 0 amide bonds. The second-order valence-corrected chi connectivity index (χ2v) is 6.46. The van der Waals surface area contributed by atoms with Crippen LogP contribution >= 0.6 is 0 Å². The molecule has 1 aromatic rings. The molecular weight excluding hydrogens is 222 g/mol. The van der Waals surface area contributed by atoms with Crippen LogP contribution in [0.5, 0.6) is 0 Å².